The highest BCUT2D eigenvalue weighted by Gasteiger charge is 2.12. The summed E-state index contributed by atoms with van der Waals surface area (Å²) in [6.07, 6.45) is -0.556. The minimum Gasteiger partial charge on any atom is -0.496 e. The highest BCUT2D eigenvalue weighted by atomic mass is 16.5. The van der Waals surface area contributed by atoms with E-state index in [1.807, 2.05) is 13.0 Å². The van der Waals surface area contributed by atoms with Gasteiger partial charge in [-0.2, -0.15) is 0 Å². The Morgan fingerprint density at radius 1 is 1.14 bits per heavy atom. The average molecular weight is 196 g/mol. The smallest absolute Gasteiger partial charge is 0.125 e. The van der Waals surface area contributed by atoms with Gasteiger partial charge in [-0.15, -0.1) is 0 Å². The van der Waals surface area contributed by atoms with Gasteiger partial charge in [0, 0.05) is 5.56 Å². The van der Waals surface area contributed by atoms with E-state index in [2.05, 4.69) is 0 Å². The molecule has 78 valence electrons. The largest absolute Gasteiger partial charge is 0.496 e. The molecular formula is C11H16O3. The van der Waals surface area contributed by atoms with Gasteiger partial charge in [0.25, 0.3) is 0 Å². The van der Waals surface area contributed by atoms with Crippen LogP contribution in [0.25, 0.3) is 0 Å². The SMILES string of the molecule is COc1cc(C(C)O)c(OC)cc1C. The van der Waals surface area contributed by atoms with Crippen molar-refractivity contribution < 1.29 is 14.6 Å². The van der Waals surface area contributed by atoms with Crippen LogP contribution in [0.2, 0.25) is 0 Å². The number of ether oxygens (including phenoxy) is 2. The van der Waals surface area contributed by atoms with Gasteiger partial charge >= 0.3 is 0 Å². The number of aryl methyl sites for hydroxylation is 1. The van der Waals surface area contributed by atoms with Gasteiger partial charge in [0.1, 0.15) is 11.5 Å². The summed E-state index contributed by atoms with van der Waals surface area (Å²) < 4.78 is 10.3. The summed E-state index contributed by atoms with van der Waals surface area (Å²) in [5.74, 6) is 1.46. The van der Waals surface area contributed by atoms with Crippen molar-refractivity contribution >= 4 is 0 Å². The molecule has 0 heterocycles. The molecule has 0 saturated carbocycles. The molecule has 0 aliphatic carbocycles. The predicted octanol–water partition coefficient (Wildman–Crippen LogP) is 2.07. The van der Waals surface area contributed by atoms with Gasteiger partial charge in [-0.3, -0.25) is 0 Å². The third-order valence-corrected chi connectivity index (χ3v) is 2.20. The first kappa shape index (κ1) is 10.9. The topological polar surface area (TPSA) is 38.7 Å². The van der Waals surface area contributed by atoms with Crippen LogP contribution >= 0.6 is 0 Å². The van der Waals surface area contributed by atoms with Crippen molar-refractivity contribution in [3.63, 3.8) is 0 Å². The molecule has 0 radical (unpaired) electrons. The monoisotopic (exact) mass is 196 g/mol. The van der Waals surface area contributed by atoms with E-state index in [0.717, 1.165) is 16.9 Å². The van der Waals surface area contributed by atoms with E-state index in [9.17, 15) is 5.11 Å². The normalized spacial score (nSPS) is 12.4. The number of benzene rings is 1. The van der Waals surface area contributed by atoms with Gasteiger partial charge in [-0.25, -0.2) is 0 Å². The molecule has 1 atom stereocenters. The Morgan fingerprint density at radius 2 is 1.71 bits per heavy atom. The van der Waals surface area contributed by atoms with Crippen molar-refractivity contribution in [2.24, 2.45) is 0 Å². The Labute approximate surface area is 84.3 Å². The van der Waals surface area contributed by atoms with Gasteiger partial charge < -0.3 is 14.6 Å². The Morgan fingerprint density at radius 3 is 2.14 bits per heavy atom. The van der Waals surface area contributed by atoms with Crippen molar-refractivity contribution in [1.82, 2.24) is 0 Å². The van der Waals surface area contributed by atoms with Crippen LogP contribution in [0.1, 0.15) is 24.2 Å². The maximum atomic E-state index is 9.51. The maximum absolute atomic E-state index is 9.51. The van der Waals surface area contributed by atoms with Gasteiger partial charge in [0.15, 0.2) is 0 Å². The first-order valence-corrected chi connectivity index (χ1v) is 4.50. The summed E-state index contributed by atoms with van der Waals surface area (Å²) in [6.45, 7) is 3.64. The van der Waals surface area contributed by atoms with Gasteiger partial charge in [-0.1, -0.05) is 0 Å². The van der Waals surface area contributed by atoms with E-state index >= 15 is 0 Å². The van der Waals surface area contributed by atoms with E-state index in [-0.39, 0.29) is 0 Å². The zero-order chi connectivity index (χ0) is 10.7. The lowest BCUT2D eigenvalue weighted by molar-refractivity contribution is 0.193. The van der Waals surface area contributed by atoms with Crippen molar-refractivity contribution in [2.45, 2.75) is 20.0 Å². The number of aliphatic hydroxyl groups is 1. The lowest BCUT2D eigenvalue weighted by Gasteiger charge is -2.14. The van der Waals surface area contributed by atoms with E-state index in [4.69, 9.17) is 9.47 Å². The van der Waals surface area contributed by atoms with E-state index in [1.165, 1.54) is 0 Å². The molecule has 1 aromatic carbocycles. The van der Waals surface area contributed by atoms with Crippen molar-refractivity contribution in [2.75, 3.05) is 14.2 Å². The molecule has 14 heavy (non-hydrogen) atoms. The molecule has 3 heteroatoms. The third kappa shape index (κ3) is 1.99. The number of methoxy groups -OCH3 is 2. The van der Waals surface area contributed by atoms with Crippen LogP contribution in [0.4, 0.5) is 0 Å². The highest BCUT2D eigenvalue weighted by molar-refractivity contribution is 5.46. The van der Waals surface area contributed by atoms with Crippen LogP contribution in [0.3, 0.4) is 0 Å². The maximum Gasteiger partial charge on any atom is 0.125 e. The van der Waals surface area contributed by atoms with Crippen molar-refractivity contribution in [3.05, 3.63) is 23.3 Å². The Bertz CT molecular complexity index is 319. The molecule has 1 aromatic rings. The minimum absolute atomic E-state index is 0.556. The van der Waals surface area contributed by atoms with Gasteiger partial charge in [0.05, 0.1) is 20.3 Å². The van der Waals surface area contributed by atoms with Crippen LogP contribution < -0.4 is 9.47 Å². The minimum atomic E-state index is -0.556. The molecule has 0 saturated heterocycles. The summed E-state index contributed by atoms with van der Waals surface area (Å²) in [4.78, 5) is 0. The number of aliphatic hydroxyl groups excluding tert-OH is 1. The highest BCUT2D eigenvalue weighted by Crippen LogP contribution is 2.31. The Hall–Kier alpha value is -1.22. The summed E-state index contributed by atoms with van der Waals surface area (Å²) in [5.41, 5.74) is 1.74. The second-order valence-electron chi connectivity index (χ2n) is 3.24. The molecular weight excluding hydrogens is 180 g/mol. The fourth-order valence-electron chi connectivity index (χ4n) is 1.40. The Kier molecular flexibility index (Phi) is 3.36. The zero-order valence-electron chi connectivity index (χ0n) is 9.00. The molecule has 0 aliphatic heterocycles. The van der Waals surface area contributed by atoms with E-state index in [0.29, 0.717) is 5.75 Å². The molecule has 3 nitrogen and oxygen atoms in total. The quantitative estimate of drug-likeness (QED) is 0.804. The van der Waals surface area contributed by atoms with Crippen molar-refractivity contribution in [1.29, 1.82) is 0 Å². The zero-order valence-corrected chi connectivity index (χ0v) is 9.00. The third-order valence-electron chi connectivity index (χ3n) is 2.20. The lowest BCUT2D eigenvalue weighted by atomic mass is 10.1. The van der Waals surface area contributed by atoms with E-state index < -0.39 is 6.10 Å². The number of rotatable bonds is 3. The van der Waals surface area contributed by atoms with Crippen LogP contribution in [0, 0.1) is 6.92 Å². The van der Waals surface area contributed by atoms with Crippen molar-refractivity contribution in [3.8, 4) is 11.5 Å². The second-order valence-corrected chi connectivity index (χ2v) is 3.24. The number of hydrogen-bond donors (Lipinski definition) is 1. The van der Waals surface area contributed by atoms with Gasteiger partial charge in [0.2, 0.25) is 0 Å². The summed E-state index contributed by atoms with van der Waals surface area (Å²) >= 11 is 0. The molecule has 1 N–H and O–H groups in total. The van der Waals surface area contributed by atoms with Crippen LogP contribution in [0.15, 0.2) is 12.1 Å². The summed E-state index contributed by atoms with van der Waals surface area (Å²) in [5, 5.41) is 9.51. The van der Waals surface area contributed by atoms with E-state index in [1.54, 1.807) is 27.2 Å². The fourth-order valence-corrected chi connectivity index (χ4v) is 1.40. The fraction of sp³-hybridized carbons (Fsp3) is 0.455. The molecule has 0 aromatic heterocycles. The molecule has 0 amide bonds. The predicted molar refractivity (Wildman–Crippen MR) is 54.9 cm³/mol. The first-order chi connectivity index (χ1) is 6.60. The first-order valence-electron chi connectivity index (χ1n) is 4.50. The lowest BCUT2D eigenvalue weighted by Crippen LogP contribution is -1.99. The van der Waals surface area contributed by atoms with Crippen LogP contribution in [0.5, 0.6) is 11.5 Å². The van der Waals surface area contributed by atoms with Crippen LogP contribution in [-0.4, -0.2) is 19.3 Å². The van der Waals surface area contributed by atoms with Gasteiger partial charge in [-0.05, 0) is 31.5 Å². The molecule has 1 unspecified atom stereocenters. The molecule has 0 fully saturated rings. The second kappa shape index (κ2) is 4.33. The molecule has 0 bridgehead atoms. The summed E-state index contributed by atoms with van der Waals surface area (Å²) in [6, 6.07) is 3.67. The Balaban J connectivity index is 3.25. The van der Waals surface area contributed by atoms with Crippen LogP contribution in [-0.2, 0) is 0 Å². The molecule has 0 spiro atoms. The average Bonchev–Trinajstić information content (AvgIpc) is 2.16. The molecule has 0 aliphatic rings. The number of hydrogen-bond acceptors (Lipinski definition) is 3. The molecule has 1 rings (SSSR count). The summed E-state index contributed by atoms with van der Waals surface area (Å²) in [7, 11) is 3.20. The standard InChI is InChI=1S/C11H16O3/c1-7-5-11(14-4)9(8(2)12)6-10(7)13-3/h5-6,8,12H,1-4H3.